The summed E-state index contributed by atoms with van der Waals surface area (Å²) in [5.41, 5.74) is 1.57. The third-order valence-corrected chi connectivity index (χ3v) is 5.37. The average Bonchev–Trinajstić information content (AvgIpc) is 3.05. The van der Waals surface area contributed by atoms with Gasteiger partial charge < -0.3 is 9.64 Å². The number of hydrogen-bond acceptors (Lipinski definition) is 5. The Morgan fingerprint density at radius 2 is 1.96 bits per heavy atom. The summed E-state index contributed by atoms with van der Waals surface area (Å²) in [6.45, 7) is 3.02. The molecule has 0 saturated heterocycles. The Labute approximate surface area is 159 Å². The number of hydrogen-bond donors (Lipinski definition) is 0. The number of amides is 1. The largest absolute Gasteiger partial charge is 0.494 e. The minimum absolute atomic E-state index is 0.135. The van der Waals surface area contributed by atoms with Crippen molar-refractivity contribution in [2.24, 2.45) is 0 Å². The van der Waals surface area contributed by atoms with Crippen molar-refractivity contribution in [3.63, 3.8) is 0 Å². The molecule has 3 aromatic rings. The van der Waals surface area contributed by atoms with Gasteiger partial charge in [-0.05, 0) is 19.1 Å². The van der Waals surface area contributed by atoms with E-state index in [1.165, 1.54) is 19.5 Å². The third-order valence-electron chi connectivity index (χ3n) is 4.58. The molecule has 26 heavy (non-hydrogen) atoms. The van der Waals surface area contributed by atoms with Crippen molar-refractivity contribution in [3.8, 4) is 5.75 Å². The van der Waals surface area contributed by atoms with Crippen molar-refractivity contribution in [1.29, 1.82) is 0 Å². The Kier molecular flexibility index (Phi) is 4.20. The van der Waals surface area contributed by atoms with Gasteiger partial charge in [0.25, 0.3) is 5.91 Å². The molecular weight excluding hydrogens is 377 g/mol. The number of methoxy groups -OCH3 is 1. The molecule has 0 radical (unpaired) electrons. The van der Waals surface area contributed by atoms with Gasteiger partial charge in [0.05, 0.1) is 47.8 Å². The van der Waals surface area contributed by atoms with E-state index in [9.17, 15) is 4.79 Å². The van der Waals surface area contributed by atoms with Crippen LogP contribution in [0.5, 0.6) is 5.75 Å². The van der Waals surface area contributed by atoms with Crippen molar-refractivity contribution in [2.75, 3.05) is 13.7 Å². The topological polar surface area (TPSA) is 73.1 Å². The summed E-state index contributed by atoms with van der Waals surface area (Å²) in [5.74, 6) is 0.403. The Morgan fingerprint density at radius 1 is 1.23 bits per heavy atom. The molecule has 9 heteroatoms. The zero-order valence-electron chi connectivity index (χ0n) is 14.1. The van der Waals surface area contributed by atoms with Gasteiger partial charge in [0.2, 0.25) is 5.82 Å². The predicted molar refractivity (Wildman–Crippen MR) is 97.8 cm³/mol. The molecule has 0 spiro atoms. The number of fused-ring (bicyclic) bond motifs is 3. The van der Waals surface area contributed by atoms with Gasteiger partial charge in [0, 0.05) is 11.9 Å². The van der Waals surface area contributed by atoms with Crippen LogP contribution in [-0.2, 0) is 6.54 Å². The zero-order chi connectivity index (χ0) is 18.4. The second-order valence-corrected chi connectivity index (χ2v) is 6.77. The molecule has 0 fully saturated rings. The Hall–Kier alpha value is -2.38. The van der Waals surface area contributed by atoms with Gasteiger partial charge in [-0.2, -0.15) is 5.10 Å². The standard InChI is InChI=1S/C17H15Cl2N5O2/c1-9-15-11-3-4-12(18)13(19)14(11)22-24(15)6-5-23(9)17(25)16-20-7-10(26-2)8-21-16/h3-4,7-9H,5-6H2,1-2H3/t9-/m0/s1. The molecule has 0 saturated carbocycles. The van der Waals surface area contributed by atoms with E-state index in [0.717, 1.165) is 11.1 Å². The Balaban J connectivity index is 1.72. The third kappa shape index (κ3) is 2.59. The summed E-state index contributed by atoms with van der Waals surface area (Å²) in [4.78, 5) is 22.8. The first kappa shape index (κ1) is 17.1. The molecule has 1 aliphatic heterocycles. The van der Waals surface area contributed by atoms with Crippen LogP contribution in [0.3, 0.4) is 0 Å². The van der Waals surface area contributed by atoms with Crippen molar-refractivity contribution in [3.05, 3.63) is 46.1 Å². The fraction of sp³-hybridized carbons (Fsp3) is 0.294. The lowest BCUT2D eigenvalue weighted by Crippen LogP contribution is -2.41. The molecule has 134 valence electrons. The normalized spacial score (nSPS) is 16.6. The Bertz CT molecular complexity index is 1000. The molecule has 7 nitrogen and oxygen atoms in total. The zero-order valence-corrected chi connectivity index (χ0v) is 15.6. The smallest absolute Gasteiger partial charge is 0.292 e. The lowest BCUT2D eigenvalue weighted by Gasteiger charge is -2.33. The average molecular weight is 392 g/mol. The fourth-order valence-electron chi connectivity index (χ4n) is 3.25. The number of ether oxygens (including phenoxy) is 1. The first-order chi connectivity index (χ1) is 12.5. The molecule has 1 amide bonds. The summed E-state index contributed by atoms with van der Waals surface area (Å²) in [6.07, 6.45) is 2.96. The highest BCUT2D eigenvalue weighted by atomic mass is 35.5. The van der Waals surface area contributed by atoms with E-state index in [1.54, 1.807) is 11.0 Å². The molecule has 3 heterocycles. The minimum Gasteiger partial charge on any atom is -0.494 e. The van der Waals surface area contributed by atoms with E-state index < -0.39 is 0 Å². The van der Waals surface area contributed by atoms with Gasteiger partial charge in [-0.25, -0.2) is 9.97 Å². The highest BCUT2D eigenvalue weighted by Gasteiger charge is 2.32. The number of halogens is 2. The van der Waals surface area contributed by atoms with Crippen molar-refractivity contribution in [2.45, 2.75) is 19.5 Å². The van der Waals surface area contributed by atoms with Gasteiger partial charge in [-0.3, -0.25) is 9.48 Å². The predicted octanol–water partition coefficient (Wildman–Crippen LogP) is 3.36. The minimum atomic E-state index is -0.235. The number of carbonyl (C=O) groups is 1. The lowest BCUT2D eigenvalue weighted by atomic mass is 10.1. The summed E-state index contributed by atoms with van der Waals surface area (Å²) in [5, 5.41) is 6.34. The van der Waals surface area contributed by atoms with Crippen LogP contribution in [0, 0.1) is 0 Å². The van der Waals surface area contributed by atoms with Gasteiger partial charge in [0.1, 0.15) is 5.52 Å². The first-order valence-corrected chi connectivity index (χ1v) is 8.78. The fourth-order valence-corrected chi connectivity index (χ4v) is 3.61. The monoisotopic (exact) mass is 391 g/mol. The second-order valence-electron chi connectivity index (χ2n) is 5.99. The number of carbonyl (C=O) groups excluding carboxylic acids is 1. The van der Waals surface area contributed by atoms with E-state index in [1.807, 2.05) is 17.7 Å². The SMILES string of the molecule is COc1cnc(C(=O)N2CCn3nc4c(Cl)c(Cl)ccc4c3[C@@H]2C)nc1. The van der Waals surface area contributed by atoms with Crippen LogP contribution in [-0.4, -0.2) is 44.2 Å². The maximum Gasteiger partial charge on any atom is 0.292 e. The second kappa shape index (κ2) is 6.41. The molecule has 0 unspecified atom stereocenters. The number of aromatic nitrogens is 4. The van der Waals surface area contributed by atoms with E-state index >= 15 is 0 Å². The Morgan fingerprint density at radius 3 is 2.65 bits per heavy atom. The highest BCUT2D eigenvalue weighted by Crippen LogP contribution is 2.37. The molecule has 0 aliphatic carbocycles. The van der Waals surface area contributed by atoms with Crippen molar-refractivity contribution >= 4 is 40.0 Å². The van der Waals surface area contributed by atoms with E-state index in [0.29, 0.717) is 34.4 Å². The molecule has 1 atom stereocenters. The quantitative estimate of drug-likeness (QED) is 0.669. The van der Waals surface area contributed by atoms with E-state index in [4.69, 9.17) is 27.9 Å². The van der Waals surface area contributed by atoms with E-state index in [-0.39, 0.29) is 17.8 Å². The van der Waals surface area contributed by atoms with Crippen LogP contribution >= 0.6 is 23.2 Å². The summed E-state index contributed by atoms with van der Waals surface area (Å²) >= 11 is 12.4. The van der Waals surface area contributed by atoms with Crippen LogP contribution in [0.15, 0.2) is 24.5 Å². The van der Waals surface area contributed by atoms with Crippen LogP contribution in [0.4, 0.5) is 0 Å². The van der Waals surface area contributed by atoms with E-state index in [2.05, 4.69) is 15.1 Å². The summed E-state index contributed by atoms with van der Waals surface area (Å²) < 4.78 is 6.92. The van der Waals surface area contributed by atoms with Crippen LogP contribution < -0.4 is 4.74 Å². The highest BCUT2D eigenvalue weighted by molar-refractivity contribution is 6.45. The molecule has 4 rings (SSSR count). The molecular formula is C17H15Cl2N5O2. The molecule has 1 aromatic carbocycles. The summed E-state index contributed by atoms with van der Waals surface area (Å²) in [6, 6.07) is 3.43. The van der Waals surface area contributed by atoms with Crippen molar-refractivity contribution in [1.82, 2.24) is 24.6 Å². The maximum absolute atomic E-state index is 12.9. The molecule has 0 N–H and O–H groups in total. The first-order valence-electron chi connectivity index (χ1n) is 8.02. The molecule has 1 aliphatic rings. The van der Waals surface area contributed by atoms with Crippen LogP contribution in [0.25, 0.3) is 10.9 Å². The maximum atomic E-state index is 12.9. The van der Waals surface area contributed by atoms with Gasteiger partial charge in [-0.15, -0.1) is 0 Å². The number of nitrogens with zero attached hydrogens (tertiary/aromatic N) is 5. The van der Waals surface area contributed by atoms with Gasteiger partial charge >= 0.3 is 0 Å². The van der Waals surface area contributed by atoms with Crippen LogP contribution in [0.2, 0.25) is 10.0 Å². The van der Waals surface area contributed by atoms with Gasteiger partial charge in [-0.1, -0.05) is 23.2 Å². The van der Waals surface area contributed by atoms with Gasteiger partial charge in [0.15, 0.2) is 5.75 Å². The number of rotatable bonds is 2. The summed E-state index contributed by atoms with van der Waals surface area (Å²) in [7, 11) is 1.52. The lowest BCUT2D eigenvalue weighted by molar-refractivity contribution is 0.0626. The van der Waals surface area contributed by atoms with Crippen LogP contribution in [0.1, 0.15) is 29.3 Å². The van der Waals surface area contributed by atoms with Crippen molar-refractivity contribution < 1.29 is 9.53 Å². The molecule has 2 aromatic heterocycles. The molecule has 0 bridgehead atoms. The number of benzene rings is 1.